The molecule has 1 aromatic carbocycles. The molecule has 3 rings (SSSR count). The van der Waals surface area contributed by atoms with Crippen molar-refractivity contribution in [2.24, 2.45) is 0 Å². The van der Waals surface area contributed by atoms with E-state index in [1.165, 1.54) is 0 Å². The van der Waals surface area contributed by atoms with Crippen LogP contribution in [0.3, 0.4) is 0 Å². The molecule has 1 spiro atoms. The SMILES string of the molecule is Cc1cc(C)c2c(c1)C1(OCCO1)C(=O)N2C. The molecule has 0 radical (unpaired) electrons. The fourth-order valence-electron chi connectivity index (χ4n) is 2.79. The second kappa shape index (κ2) is 3.31. The number of amides is 1. The maximum atomic E-state index is 12.3. The molecule has 2 aliphatic rings. The Labute approximate surface area is 100 Å². The van der Waals surface area contributed by atoms with Gasteiger partial charge in [0.1, 0.15) is 0 Å². The van der Waals surface area contributed by atoms with Gasteiger partial charge in [-0.15, -0.1) is 0 Å². The lowest BCUT2D eigenvalue weighted by Gasteiger charge is -2.20. The van der Waals surface area contributed by atoms with Gasteiger partial charge in [0.05, 0.1) is 18.9 Å². The van der Waals surface area contributed by atoms with E-state index in [9.17, 15) is 4.79 Å². The van der Waals surface area contributed by atoms with Crippen molar-refractivity contribution in [1.29, 1.82) is 0 Å². The van der Waals surface area contributed by atoms with Gasteiger partial charge in [0, 0.05) is 12.6 Å². The highest BCUT2D eigenvalue weighted by atomic mass is 16.7. The van der Waals surface area contributed by atoms with Gasteiger partial charge < -0.3 is 14.4 Å². The molecule has 4 nitrogen and oxygen atoms in total. The lowest BCUT2D eigenvalue weighted by atomic mass is 10.0. The first kappa shape index (κ1) is 10.7. The molecule has 0 unspecified atom stereocenters. The molecule has 2 aliphatic heterocycles. The summed E-state index contributed by atoms with van der Waals surface area (Å²) in [5.41, 5.74) is 3.96. The van der Waals surface area contributed by atoms with Gasteiger partial charge in [0.2, 0.25) is 0 Å². The molecule has 0 N–H and O–H groups in total. The van der Waals surface area contributed by atoms with E-state index in [1.807, 2.05) is 19.9 Å². The zero-order valence-electron chi connectivity index (χ0n) is 10.2. The van der Waals surface area contributed by atoms with Crippen molar-refractivity contribution in [2.45, 2.75) is 19.6 Å². The molecule has 17 heavy (non-hydrogen) atoms. The quantitative estimate of drug-likeness (QED) is 0.681. The molecule has 0 saturated carbocycles. The molecule has 1 aromatic rings. The molecule has 4 heteroatoms. The van der Waals surface area contributed by atoms with E-state index in [4.69, 9.17) is 9.47 Å². The molecule has 1 fully saturated rings. The number of carbonyl (C=O) groups is 1. The topological polar surface area (TPSA) is 38.8 Å². The van der Waals surface area contributed by atoms with Crippen molar-refractivity contribution in [1.82, 2.24) is 0 Å². The van der Waals surface area contributed by atoms with Crippen molar-refractivity contribution in [2.75, 3.05) is 25.2 Å². The van der Waals surface area contributed by atoms with Crippen LogP contribution in [-0.4, -0.2) is 26.2 Å². The minimum absolute atomic E-state index is 0.126. The molecule has 0 aromatic heterocycles. The molecule has 1 saturated heterocycles. The van der Waals surface area contributed by atoms with Crippen molar-refractivity contribution in [3.05, 3.63) is 28.8 Å². The number of likely N-dealkylation sites (N-methyl/N-ethyl adjacent to an activating group) is 1. The molecule has 0 aliphatic carbocycles. The van der Waals surface area contributed by atoms with Gasteiger partial charge in [-0.3, -0.25) is 4.79 Å². The Bertz CT molecular complexity index is 504. The maximum absolute atomic E-state index is 12.3. The number of hydrogen-bond acceptors (Lipinski definition) is 3. The number of rotatable bonds is 0. The number of fused-ring (bicyclic) bond motifs is 2. The van der Waals surface area contributed by atoms with Gasteiger partial charge in [-0.05, 0) is 25.5 Å². The van der Waals surface area contributed by atoms with E-state index in [2.05, 4.69) is 6.07 Å². The van der Waals surface area contributed by atoms with Crippen LogP contribution in [0.25, 0.3) is 0 Å². The Kier molecular flexibility index (Phi) is 2.09. The zero-order chi connectivity index (χ0) is 12.2. The first-order valence-electron chi connectivity index (χ1n) is 5.74. The Morgan fingerprint density at radius 2 is 1.88 bits per heavy atom. The number of aryl methyl sites for hydroxylation is 2. The van der Waals surface area contributed by atoms with Gasteiger partial charge in [-0.2, -0.15) is 0 Å². The summed E-state index contributed by atoms with van der Waals surface area (Å²) in [7, 11) is 1.77. The van der Waals surface area contributed by atoms with E-state index in [0.29, 0.717) is 13.2 Å². The van der Waals surface area contributed by atoms with Crippen LogP contribution in [0.15, 0.2) is 12.1 Å². The number of anilines is 1. The van der Waals surface area contributed by atoms with E-state index >= 15 is 0 Å². The fourth-order valence-corrected chi connectivity index (χ4v) is 2.79. The minimum atomic E-state index is -1.18. The van der Waals surface area contributed by atoms with Crippen LogP contribution < -0.4 is 4.90 Å². The third-order valence-corrected chi connectivity index (χ3v) is 3.41. The van der Waals surface area contributed by atoms with Gasteiger partial charge in [-0.25, -0.2) is 0 Å². The van der Waals surface area contributed by atoms with Gasteiger partial charge in [0.15, 0.2) is 0 Å². The third kappa shape index (κ3) is 1.22. The normalized spacial score (nSPS) is 21.4. The second-order valence-electron chi connectivity index (χ2n) is 4.66. The summed E-state index contributed by atoms with van der Waals surface area (Å²) in [5, 5.41) is 0. The molecular weight excluding hydrogens is 218 g/mol. The molecular formula is C13H15NO3. The molecule has 1 amide bonds. The highest BCUT2D eigenvalue weighted by Crippen LogP contribution is 2.46. The van der Waals surface area contributed by atoms with Crippen molar-refractivity contribution in [3.8, 4) is 0 Å². The van der Waals surface area contributed by atoms with Gasteiger partial charge in [0.25, 0.3) is 11.7 Å². The minimum Gasteiger partial charge on any atom is -0.336 e. The van der Waals surface area contributed by atoms with E-state index in [1.54, 1.807) is 11.9 Å². The Morgan fingerprint density at radius 3 is 2.53 bits per heavy atom. The summed E-state index contributed by atoms with van der Waals surface area (Å²) < 4.78 is 11.2. The predicted octanol–water partition coefficient (Wildman–Crippen LogP) is 1.48. The summed E-state index contributed by atoms with van der Waals surface area (Å²) in [6.07, 6.45) is 0. The number of carbonyl (C=O) groups excluding carboxylic acids is 1. The van der Waals surface area contributed by atoms with Crippen LogP contribution in [0.5, 0.6) is 0 Å². The summed E-state index contributed by atoms with van der Waals surface area (Å²) in [5.74, 6) is -1.31. The van der Waals surface area contributed by atoms with Crippen molar-refractivity contribution >= 4 is 11.6 Å². The number of hydrogen-bond donors (Lipinski definition) is 0. The summed E-state index contributed by atoms with van der Waals surface area (Å²) >= 11 is 0. The standard InChI is InChI=1S/C13H15NO3/c1-8-6-9(2)11-10(7-8)13(12(15)14(11)3)16-4-5-17-13/h6-7H,4-5H2,1-3H3. The smallest absolute Gasteiger partial charge is 0.292 e. The number of benzene rings is 1. The second-order valence-corrected chi connectivity index (χ2v) is 4.66. The largest absolute Gasteiger partial charge is 0.336 e. The average molecular weight is 233 g/mol. The highest BCUT2D eigenvalue weighted by molar-refractivity contribution is 6.06. The maximum Gasteiger partial charge on any atom is 0.292 e. The first-order valence-corrected chi connectivity index (χ1v) is 5.74. The lowest BCUT2D eigenvalue weighted by molar-refractivity contribution is -0.180. The van der Waals surface area contributed by atoms with Crippen LogP contribution in [0.2, 0.25) is 0 Å². The van der Waals surface area contributed by atoms with E-state index < -0.39 is 5.79 Å². The Balaban J connectivity index is 2.28. The molecule has 2 heterocycles. The monoisotopic (exact) mass is 233 g/mol. The van der Waals surface area contributed by atoms with Crippen LogP contribution in [0.4, 0.5) is 5.69 Å². The Hall–Kier alpha value is -1.39. The third-order valence-electron chi connectivity index (χ3n) is 3.41. The van der Waals surface area contributed by atoms with Gasteiger partial charge >= 0.3 is 0 Å². The summed E-state index contributed by atoms with van der Waals surface area (Å²) in [6, 6.07) is 4.05. The number of nitrogens with zero attached hydrogens (tertiary/aromatic N) is 1. The number of ether oxygens (including phenoxy) is 2. The van der Waals surface area contributed by atoms with Crippen molar-refractivity contribution < 1.29 is 14.3 Å². The molecule has 90 valence electrons. The first-order chi connectivity index (χ1) is 8.06. The van der Waals surface area contributed by atoms with E-state index in [-0.39, 0.29) is 5.91 Å². The van der Waals surface area contributed by atoms with Crippen LogP contribution in [0.1, 0.15) is 16.7 Å². The summed E-state index contributed by atoms with van der Waals surface area (Å²) in [6.45, 7) is 4.94. The highest BCUT2D eigenvalue weighted by Gasteiger charge is 2.55. The summed E-state index contributed by atoms with van der Waals surface area (Å²) in [4.78, 5) is 14.0. The van der Waals surface area contributed by atoms with E-state index in [0.717, 1.165) is 22.4 Å². The average Bonchev–Trinajstić information content (AvgIpc) is 2.82. The fraction of sp³-hybridized carbons (Fsp3) is 0.462. The molecule has 0 bridgehead atoms. The Morgan fingerprint density at radius 1 is 1.24 bits per heavy atom. The lowest BCUT2D eigenvalue weighted by Crippen LogP contribution is -2.39. The van der Waals surface area contributed by atoms with Crippen LogP contribution in [0, 0.1) is 13.8 Å². The van der Waals surface area contributed by atoms with Crippen LogP contribution >= 0.6 is 0 Å². The van der Waals surface area contributed by atoms with Crippen LogP contribution in [-0.2, 0) is 20.1 Å². The van der Waals surface area contributed by atoms with Crippen molar-refractivity contribution in [3.63, 3.8) is 0 Å². The predicted molar refractivity (Wildman–Crippen MR) is 62.9 cm³/mol. The molecule has 0 atom stereocenters. The zero-order valence-corrected chi connectivity index (χ0v) is 10.2. The van der Waals surface area contributed by atoms with Gasteiger partial charge in [-0.1, -0.05) is 11.6 Å².